The average Bonchev–Trinajstić information content (AvgIpc) is 3.22. The fourth-order valence-electron chi connectivity index (χ4n) is 2.25. The van der Waals surface area contributed by atoms with Crippen LogP contribution in [0.5, 0.6) is 0 Å². The smallest absolute Gasteiger partial charge is 0.237 e. The number of thiophene rings is 1. The van der Waals surface area contributed by atoms with Crippen LogP contribution in [0.25, 0.3) is 21.6 Å². The molecule has 0 bridgehead atoms. The largest absolute Gasteiger partial charge is 0.338 e. The van der Waals surface area contributed by atoms with Gasteiger partial charge in [-0.3, -0.25) is 0 Å². The first-order chi connectivity index (χ1) is 11.3. The molecule has 0 aliphatic rings. The van der Waals surface area contributed by atoms with Crippen molar-refractivity contribution in [3.8, 4) is 11.4 Å². The van der Waals surface area contributed by atoms with E-state index < -0.39 is 0 Å². The van der Waals surface area contributed by atoms with Gasteiger partial charge in [0.05, 0.1) is 16.0 Å². The number of hydrogen-bond donors (Lipinski definition) is 0. The summed E-state index contributed by atoms with van der Waals surface area (Å²) in [6, 6.07) is 10.00. The molecular formula is C16H12N4OS2. The van der Waals surface area contributed by atoms with E-state index in [0.29, 0.717) is 17.5 Å². The van der Waals surface area contributed by atoms with Gasteiger partial charge < -0.3 is 4.52 Å². The Morgan fingerprint density at radius 1 is 1.17 bits per heavy atom. The predicted molar refractivity (Wildman–Crippen MR) is 91.4 cm³/mol. The van der Waals surface area contributed by atoms with E-state index in [-0.39, 0.29) is 0 Å². The summed E-state index contributed by atoms with van der Waals surface area (Å²) in [5.74, 6) is 1.81. The number of aryl methyl sites for hydroxylation is 1. The first-order valence-electron chi connectivity index (χ1n) is 7.01. The van der Waals surface area contributed by atoms with Gasteiger partial charge in [0.25, 0.3) is 0 Å². The molecule has 0 radical (unpaired) electrons. The highest BCUT2D eigenvalue weighted by Crippen LogP contribution is 2.31. The Morgan fingerprint density at radius 2 is 2.09 bits per heavy atom. The molecule has 0 fully saturated rings. The summed E-state index contributed by atoms with van der Waals surface area (Å²) >= 11 is 3.22. The topological polar surface area (TPSA) is 64.7 Å². The lowest BCUT2D eigenvalue weighted by Crippen LogP contribution is -1.87. The Kier molecular flexibility index (Phi) is 3.80. The summed E-state index contributed by atoms with van der Waals surface area (Å²) in [5.41, 5.74) is 3.09. The maximum Gasteiger partial charge on any atom is 0.237 e. The summed E-state index contributed by atoms with van der Waals surface area (Å²) in [4.78, 5) is 13.1. The Labute approximate surface area is 140 Å². The van der Waals surface area contributed by atoms with E-state index >= 15 is 0 Å². The average molecular weight is 340 g/mol. The highest BCUT2D eigenvalue weighted by molar-refractivity contribution is 7.98. The second kappa shape index (κ2) is 6.10. The summed E-state index contributed by atoms with van der Waals surface area (Å²) in [7, 11) is 0. The molecular weight excluding hydrogens is 328 g/mol. The zero-order valence-corrected chi connectivity index (χ0v) is 13.9. The van der Waals surface area contributed by atoms with E-state index in [1.165, 1.54) is 0 Å². The summed E-state index contributed by atoms with van der Waals surface area (Å²) in [6.07, 6.45) is 1.59. The van der Waals surface area contributed by atoms with Crippen LogP contribution in [0, 0.1) is 6.92 Å². The minimum Gasteiger partial charge on any atom is -0.338 e. The fraction of sp³-hybridized carbons (Fsp3) is 0.125. The molecule has 7 heteroatoms. The molecule has 0 saturated heterocycles. The maximum atomic E-state index is 5.37. The van der Waals surface area contributed by atoms with Crippen molar-refractivity contribution < 1.29 is 4.52 Å². The van der Waals surface area contributed by atoms with Crippen molar-refractivity contribution in [3.63, 3.8) is 0 Å². The Hall–Kier alpha value is -2.25. The van der Waals surface area contributed by atoms with Crippen LogP contribution in [0.1, 0.15) is 11.5 Å². The molecule has 0 aliphatic heterocycles. The molecule has 0 saturated carbocycles. The third kappa shape index (κ3) is 2.85. The van der Waals surface area contributed by atoms with Gasteiger partial charge in [0.1, 0.15) is 11.4 Å². The van der Waals surface area contributed by atoms with Crippen molar-refractivity contribution in [1.29, 1.82) is 0 Å². The molecule has 0 aliphatic carbocycles. The summed E-state index contributed by atoms with van der Waals surface area (Å²) in [6.45, 7) is 2.04. The van der Waals surface area contributed by atoms with E-state index in [0.717, 1.165) is 26.4 Å². The lowest BCUT2D eigenvalue weighted by atomic mass is 10.1. The molecule has 1 aromatic carbocycles. The quantitative estimate of drug-likeness (QED) is 0.407. The van der Waals surface area contributed by atoms with Gasteiger partial charge in [-0.25, -0.2) is 9.97 Å². The second-order valence-electron chi connectivity index (χ2n) is 4.93. The number of thioether (sulfide) groups is 1. The van der Waals surface area contributed by atoms with Crippen LogP contribution in [0.4, 0.5) is 0 Å². The van der Waals surface area contributed by atoms with Crippen molar-refractivity contribution in [2.45, 2.75) is 17.7 Å². The van der Waals surface area contributed by atoms with Crippen molar-refractivity contribution in [2.75, 3.05) is 0 Å². The number of aromatic nitrogens is 4. The van der Waals surface area contributed by atoms with Gasteiger partial charge >= 0.3 is 0 Å². The molecule has 0 atom stereocenters. The molecule has 5 nitrogen and oxygen atoms in total. The maximum absolute atomic E-state index is 5.37. The van der Waals surface area contributed by atoms with Crippen LogP contribution in [0.15, 0.2) is 51.6 Å². The van der Waals surface area contributed by atoms with Crippen LogP contribution >= 0.6 is 23.1 Å². The van der Waals surface area contributed by atoms with Crippen LogP contribution in [-0.4, -0.2) is 20.1 Å². The summed E-state index contributed by atoms with van der Waals surface area (Å²) < 4.78 is 6.46. The minimum absolute atomic E-state index is 0.586. The van der Waals surface area contributed by atoms with Crippen LogP contribution in [0.2, 0.25) is 0 Å². The summed E-state index contributed by atoms with van der Waals surface area (Å²) in [5, 5.41) is 7.05. The molecule has 3 aromatic heterocycles. The number of nitrogens with zero attached hydrogens (tertiary/aromatic N) is 4. The molecule has 4 aromatic rings. The van der Waals surface area contributed by atoms with Gasteiger partial charge in [0.15, 0.2) is 0 Å². The minimum atomic E-state index is 0.586. The molecule has 114 valence electrons. The molecule has 3 heterocycles. The van der Waals surface area contributed by atoms with E-state index in [1.54, 1.807) is 29.4 Å². The first-order valence-corrected chi connectivity index (χ1v) is 8.87. The van der Waals surface area contributed by atoms with E-state index in [9.17, 15) is 0 Å². The lowest BCUT2D eigenvalue weighted by Gasteiger charge is -1.99. The van der Waals surface area contributed by atoms with Crippen LogP contribution in [-0.2, 0) is 5.75 Å². The van der Waals surface area contributed by atoms with Crippen molar-refractivity contribution >= 4 is 33.3 Å². The van der Waals surface area contributed by atoms with Crippen molar-refractivity contribution in [2.24, 2.45) is 0 Å². The first kappa shape index (κ1) is 14.3. The normalized spacial score (nSPS) is 11.2. The standard InChI is InChI=1S/C16H12N4OS2/c1-10-4-2-3-5-11(10)15-19-13(21-20-15)8-23-16-14-12(6-7-22-14)17-9-18-16/h2-7,9H,8H2,1H3. The third-order valence-corrected chi connectivity index (χ3v) is 5.41. The highest BCUT2D eigenvalue weighted by Gasteiger charge is 2.12. The SMILES string of the molecule is Cc1ccccc1-c1noc(CSc2ncnc3ccsc23)n1. The molecule has 0 unspecified atom stereocenters. The molecule has 0 spiro atoms. The Bertz CT molecular complexity index is 963. The van der Waals surface area contributed by atoms with Gasteiger partial charge in [0, 0.05) is 5.56 Å². The number of benzene rings is 1. The molecule has 23 heavy (non-hydrogen) atoms. The second-order valence-corrected chi connectivity index (χ2v) is 6.81. The van der Waals surface area contributed by atoms with E-state index in [1.807, 2.05) is 42.6 Å². The van der Waals surface area contributed by atoms with Crippen molar-refractivity contribution in [1.82, 2.24) is 20.1 Å². The van der Waals surface area contributed by atoms with E-state index in [4.69, 9.17) is 4.52 Å². The van der Waals surface area contributed by atoms with Gasteiger partial charge in [-0.05, 0) is 23.9 Å². The lowest BCUT2D eigenvalue weighted by molar-refractivity contribution is 0.391. The zero-order valence-electron chi connectivity index (χ0n) is 12.3. The predicted octanol–water partition coefficient (Wildman–Crippen LogP) is 4.34. The number of rotatable bonds is 4. The van der Waals surface area contributed by atoms with Crippen molar-refractivity contribution in [3.05, 3.63) is 53.5 Å². The van der Waals surface area contributed by atoms with Crippen LogP contribution in [0.3, 0.4) is 0 Å². The number of fused-ring (bicyclic) bond motifs is 1. The highest BCUT2D eigenvalue weighted by atomic mass is 32.2. The Balaban J connectivity index is 1.54. The van der Waals surface area contributed by atoms with Gasteiger partial charge in [-0.2, -0.15) is 4.98 Å². The van der Waals surface area contributed by atoms with Gasteiger partial charge in [0.2, 0.25) is 11.7 Å². The van der Waals surface area contributed by atoms with Crippen LogP contribution < -0.4 is 0 Å². The fourth-order valence-corrected chi connectivity index (χ4v) is 4.03. The zero-order chi connectivity index (χ0) is 15.6. The van der Waals surface area contributed by atoms with Gasteiger partial charge in [-0.1, -0.05) is 41.2 Å². The molecule has 4 rings (SSSR count). The molecule has 0 N–H and O–H groups in total. The third-order valence-electron chi connectivity index (χ3n) is 3.40. The monoisotopic (exact) mass is 340 g/mol. The van der Waals surface area contributed by atoms with E-state index in [2.05, 4.69) is 20.1 Å². The Morgan fingerprint density at radius 3 is 3.00 bits per heavy atom. The number of hydrogen-bond acceptors (Lipinski definition) is 7. The molecule has 0 amide bonds. The van der Waals surface area contributed by atoms with Gasteiger partial charge in [-0.15, -0.1) is 11.3 Å².